The van der Waals surface area contributed by atoms with Gasteiger partial charge in [-0.05, 0) is 55.0 Å². The highest BCUT2D eigenvalue weighted by Gasteiger charge is 2.45. The van der Waals surface area contributed by atoms with Crippen molar-refractivity contribution < 1.29 is 4.79 Å². The second-order valence-electron chi connectivity index (χ2n) is 6.19. The molecule has 1 atom stereocenters. The molecule has 1 aliphatic heterocycles. The van der Waals surface area contributed by atoms with E-state index in [1.165, 1.54) is 23.3 Å². The normalized spacial score (nSPS) is 22.8. The lowest BCUT2D eigenvalue weighted by Crippen LogP contribution is -2.56. The summed E-state index contributed by atoms with van der Waals surface area (Å²) in [7, 11) is 0. The highest BCUT2D eigenvalue weighted by Crippen LogP contribution is 2.49. The Morgan fingerprint density at radius 3 is 2.75 bits per heavy atom. The lowest BCUT2D eigenvalue weighted by molar-refractivity contribution is -0.141. The lowest BCUT2D eigenvalue weighted by Gasteiger charge is -2.41. The van der Waals surface area contributed by atoms with Crippen molar-refractivity contribution in [2.45, 2.75) is 57.5 Å². The van der Waals surface area contributed by atoms with Crippen molar-refractivity contribution in [3.63, 3.8) is 0 Å². The highest BCUT2D eigenvalue weighted by molar-refractivity contribution is 7.10. The lowest BCUT2D eigenvalue weighted by atomic mass is 9.88. The van der Waals surface area contributed by atoms with Crippen LogP contribution in [0.4, 0.5) is 0 Å². The third-order valence-electron chi connectivity index (χ3n) is 5.03. The summed E-state index contributed by atoms with van der Waals surface area (Å²) in [4.78, 5) is 16.5. The molecule has 0 bridgehead atoms. The molecule has 1 aliphatic carbocycles. The zero-order valence-corrected chi connectivity index (χ0v) is 13.2. The molecule has 4 heteroatoms. The first-order chi connectivity index (χ1) is 9.60. The van der Waals surface area contributed by atoms with Crippen molar-refractivity contribution in [3.05, 3.63) is 21.9 Å². The third-order valence-corrected chi connectivity index (χ3v) is 6.03. The molecule has 0 saturated heterocycles. The van der Waals surface area contributed by atoms with Crippen LogP contribution in [0, 0.1) is 5.92 Å². The van der Waals surface area contributed by atoms with Crippen LogP contribution < -0.4 is 5.73 Å². The van der Waals surface area contributed by atoms with Gasteiger partial charge < -0.3 is 10.6 Å². The number of carbonyl (C=O) groups is 1. The maximum absolute atomic E-state index is 13.0. The Bertz CT molecular complexity index is 502. The number of nitrogens with zero attached hydrogens (tertiary/aromatic N) is 1. The maximum atomic E-state index is 13.0. The van der Waals surface area contributed by atoms with Crippen LogP contribution in [0.5, 0.6) is 0 Å². The molecule has 3 nitrogen and oxygen atoms in total. The molecule has 1 aromatic heterocycles. The molecule has 2 aliphatic rings. The molecule has 1 unspecified atom stereocenters. The van der Waals surface area contributed by atoms with Gasteiger partial charge in [-0.25, -0.2) is 0 Å². The maximum Gasteiger partial charge on any atom is 0.243 e. The van der Waals surface area contributed by atoms with Crippen LogP contribution in [-0.4, -0.2) is 22.9 Å². The molecule has 0 aromatic carbocycles. The molecule has 1 aromatic rings. The Kier molecular flexibility index (Phi) is 3.63. The van der Waals surface area contributed by atoms with Gasteiger partial charge in [-0.15, -0.1) is 11.3 Å². The van der Waals surface area contributed by atoms with Gasteiger partial charge in [-0.2, -0.15) is 0 Å². The van der Waals surface area contributed by atoms with Crippen molar-refractivity contribution in [1.29, 1.82) is 0 Å². The quantitative estimate of drug-likeness (QED) is 0.927. The molecular weight excluding hydrogens is 268 g/mol. The molecule has 3 rings (SSSR count). The summed E-state index contributed by atoms with van der Waals surface area (Å²) in [6, 6.07) is 2.51. The van der Waals surface area contributed by atoms with Crippen LogP contribution in [0.3, 0.4) is 0 Å². The molecule has 1 saturated carbocycles. The zero-order valence-electron chi connectivity index (χ0n) is 12.4. The van der Waals surface area contributed by atoms with Crippen LogP contribution in [0.1, 0.15) is 56.0 Å². The van der Waals surface area contributed by atoms with Gasteiger partial charge >= 0.3 is 0 Å². The summed E-state index contributed by atoms with van der Waals surface area (Å²) in [6.07, 6.45) is 4.92. The molecule has 2 N–H and O–H groups in total. The third kappa shape index (κ3) is 2.19. The Hall–Kier alpha value is -0.870. The average Bonchev–Trinajstić information content (AvgIpc) is 3.21. The standard InChI is InChI=1S/C16H24N2OS/c1-3-16(17,4-2)15(19)18-9-7-13-12(8-10-20-13)14(18)11-5-6-11/h8,10-11,14H,3-7,9,17H2,1-2H3. The van der Waals surface area contributed by atoms with E-state index in [4.69, 9.17) is 5.73 Å². The highest BCUT2D eigenvalue weighted by atomic mass is 32.1. The average molecular weight is 292 g/mol. The number of hydrogen-bond acceptors (Lipinski definition) is 3. The van der Waals surface area contributed by atoms with Crippen LogP contribution in [-0.2, 0) is 11.2 Å². The number of fused-ring (bicyclic) bond motifs is 1. The number of nitrogens with two attached hydrogens (primary N) is 1. The van der Waals surface area contributed by atoms with Gasteiger partial charge in [0.25, 0.3) is 0 Å². The van der Waals surface area contributed by atoms with Crippen LogP contribution in [0.15, 0.2) is 11.4 Å². The Morgan fingerprint density at radius 2 is 2.15 bits per heavy atom. The topological polar surface area (TPSA) is 46.3 Å². The number of rotatable bonds is 4. The van der Waals surface area contributed by atoms with E-state index in [1.807, 2.05) is 25.2 Å². The molecule has 1 amide bonds. The van der Waals surface area contributed by atoms with E-state index in [1.54, 1.807) is 0 Å². The first kappa shape index (κ1) is 14.1. The largest absolute Gasteiger partial charge is 0.333 e. The fourth-order valence-electron chi connectivity index (χ4n) is 3.33. The van der Waals surface area contributed by atoms with Crippen LogP contribution in [0.2, 0.25) is 0 Å². The van der Waals surface area contributed by atoms with Gasteiger partial charge in [0.1, 0.15) is 0 Å². The summed E-state index contributed by atoms with van der Waals surface area (Å²) in [5, 5.41) is 2.17. The van der Waals surface area contributed by atoms with Crippen LogP contribution >= 0.6 is 11.3 Å². The molecule has 1 fully saturated rings. The predicted octanol–water partition coefficient (Wildman–Crippen LogP) is 3.10. The Morgan fingerprint density at radius 1 is 1.45 bits per heavy atom. The SMILES string of the molecule is CCC(N)(CC)C(=O)N1CCc2sccc2C1C1CC1. The molecule has 110 valence electrons. The number of thiophene rings is 1. The monoisotopic (exact) mass is 292 g/mol. The predicted molar refractivity (Wildman–Crippen MR) is 82.7 cm³/mol. The molecule has 0 radical (unpaired) electrons. The summed E-state index contributed by atoms with van der Waals surface area (Å²) < 4.78 is 0. The van der Waals surface area contributed by atoms with Gasteiger partial charge in [-0.3, -0.25) is 4.79 Å². The summed E-state index contributed by atoms with van der Waals surface area (Å²) in [5.41, 5.74) is 7.08. The van der Waals surface area contributed by atoms with Crippen molar-refractivity contribution in [2.24, 2.45) is 11.7 Å². The smallest absolute Gasteiger partial charge is 0.243 e. The van der Waals surface area contributed by atoms with Crippen LogP contribution in [0.25, 0.3) is 0 Å². The van der Waals surface area contributed by atoms with E-state index in [2.05, 4.69) is 16.3 Å². The van der Waals surface area contributed by atoms with Crippen molar-refractivity contribution >= 4 is 17.2 Å². The van der Waals surface area contributed by atoms with E-state index >= 15 is 0 Å². The van der Waals surface area contributed by atoms with Gasteiger partial charge in [0.15, 0.2) is 0 Å². The summed E-state index contributed by atoms with van der Waals surface area (Å²) >= 11 is 1.84. The number of amides is 1. The number of carbonyl (C=O) groups excluding carboxylic acids is 1. The minimum Gasteiger partial charge on any atom is -0.333 e. The second kappa shape index (κ2) is 5.15. The minimum atomic E-state index is -0.680. The van der Waals surface area contributed by atoms with E-state index in [-0.39, 0.29) is 5.91 Å². The van der Waals surface area contributed by atoms with Crippen molar-refractivity contribution in [3.8, 4) is 0 Å². The fourth-order valence-corrected chi connectivity index (χ4v) is 4.25. The van der Waals surface area contributed by atoms with E-state index in [9.17, 15) is 4.79 Å². The second-order valence-corrected chi connectivity index (χ2v) is 7.19. The Balaban J connectivity index is 1.91. The minimum absolute atomic E-state index is 0.163. The molecular formula is C16H24N2OS. The Labute approximate surface area is 125 Å². The molecule has 0 spiro atoms. The number of hydrogen-bond donors (Lipinski definition) is 1. The van der Waals surface area contributed by atoms with E-state index < -0.39 is 5.54 Å². The van der Waals surface area contributed by atoms with Gasteiger partial charge in [0, 0.05) is 11.4 Å². The summed E-state index contributed by atoms with van der Waals surface area (Å²) in [5.74, 6) is 0.821. The molecule has 20 heavy (non-hydrogen) atoms. The first-order valence-electron chi connectivity index (χ1n) is 7.77. The zero-order chi connectivity index (χ0) is 14.3. The first-order valence-corrected chi connectivity index (χ1v) is 8.65. The van der Waals surface area contributed by atoms with Gasteiger partial charge in [0.2, 0.25) is 5.91 Å². The van der Waals surface area contributed by atoms with E-state index in [0.29, 0.717) is 24.8 Å². The van der Waals surface area contributed by atoms with Gasteiger partial charge in [0.05, 0.1) is 11.6 Å². The molecule has 2 heterocycles. The van der Waals surface area contributed by atoms with Gasteiger partial charge in [-0.1, -0.05) is 13.8 Å². The fraction of sp³-hybridized carbons (Fsp3) is 0.688. The van der Waals surface area contributed by atoms with E-state index in [0.717, 1.165) is 13.0 Å². The van der Waals surface area contributed by atoms with Crippen molar-refractivity contribution in [1.82, 2.24) is 4.90 Å². The summed E-state index contributed by atoms with van der Waals surface area (Å²) in [6.45, 7) is 4.88. The van der Waals surface area contributed by atoms with Crippen molar-refractivity contribution in [2.75, 3.05) is 6.54 Å².